The number of hydrogen-bond acceptors (Lipinski definition) is 15. The molecular weight excluding hydrogens is 996 g/mol. The summed E-state index contributed by atoms with van der Waals surface area (Å²) in [7, 11) is 3.46. The Morgan fingerprint density at radius 1 is 0.880 bits per heavy atom. The van der Waals surface area contributed by atoms with Crippen molar-refractivity contribution >= 4 is 52.7 Å². The molecule has 5 atom stereocenters. The molecule has 3 heterocycles. The van der Waals surface area contributed by atoms with Crippen molar-refractivity contribution in [1.29, 1.82) is 0 Å². The van der Waals surface area contributed by atoms with Crippen LogP contribution in [0.5, 0.6) is 5.75 Å². The number of hydrogen-bond donors (Lipinski definition) is 6. The highest BCUT2D eigenvalue weighted by Crippen LogP contribution is 2.33. The molecular formula is C52H70ClF2N11O9. The van der Waals surface area contributed by atoms with Gasteiger partial charge in [0.25, 0.3) is 0 Å². The maximum absolute atomic E-state index is 15.3. The summed E-state index contributed by atoms with van der Waals surface area (Å²) >= 11 is 6.25. The lowest BCUT2D eigenvalue weighted by atomic mass is 9.83. The summed E-state index contributed by atoms with van der Waals surface area (Å²) in [6.07, 6.45) is 12.1. The van der Waals surface area contributed by atoms with Crippen LogP contribution in [0.25, 0.3) is 0 Å². The number of carbonyl (C=O) groups is 4. The number of ether oxygens (including phenoxy) is 5. The third-order valence-electron chi connectivity index (χ3n) is 13.5. The summed E-state index contributed by atoms with van der Waals surface area (Å²) in [5.41, 5.74) is 2.93. The van der Waals surface area contributed by atoms with E-state index in [0.717, 1.165) is 69.1 Å². The number of carbonyl (C=O) groups excluding carboxylic acids is 4. The van der Waals surface area contributed by atoms with Gasteiger partial charge >= 0.3 is 0 Å². The first kappa shape index (κ1) is 56.7. The predicted octanol–water partition coefficient (Wildman–Crippen LogP) is 4.90. The van der Waals surface area contributed by atoms with Gasteiger partial charge in [-0.15, -0.1) is 0 Å². The third-order valence-corrected chi connectivity index (χ3v) is 13.8. The first-order chi connectivity index (χ1) is 36.4. The number of nitrogens with zero attached hydrogens (tertiary/aromatic N) is 5. The molecule has 6 N–H and O–H groups in total. The fraction of sp³-hybridized carbons (Fsp3) is 0.558. The lowest BCUT2D eigenvalue weighted by Gasteiger charge is -2.35. The zero-order valence-electron chi connectivity index (χ0n) is 42.8. The van der Waals surface area contributed by atoms with E-state index in [4.69, 9.17) is 35.3 Å². The zero-order valence-corrected chi connectivity index (χ0v) is 43.6. The van der Waals surface area contributed by atoms with Crippen LogP contribution < -0.4 is 36.6 Å². The molecule has 20 nitrogen and oxygen atoms in total. The Bertz CT molecular complexity index is 2520. The van der Waals surface area contributed by atoms with Crippen molar-refractivity contribution in [3.63, 3.8) is 0 Å². The molecule has 1 saturated heterocycles. The second-order valence-corrected chi connectivity index (χ2v) is 19.3. The average Bonchev–Trinajstić information content (AvgIpc) is 4.04. The molecule has 2 aliphatic carbocycles. The van der Waals surface area contributed by atoms with Gasteiger partial charge in [-0.25, -0.2) is 13.8 Å². The van der Waals surface area contributed by atoms with Crippen molar-refractivity contribution in [3.8, 4) is 5.75 Å². The van der Waals surface area contributed by atoms with E-state index < -0.39 is 41.7 Å². The molecule has 0 spiro atoms. The van der Waals surface area contributed by atoms with Crippen LogP contribution in [-0.4, -0.2) is 145 Å². The molecule has 2 aromatic heterocycles. The highest BCUT2D eigenvalue weighted by atomic mass is 35.5. The van der Waals surface area contributed by atoms with Gasteiger partial charge in [-0.2, -0.15) is 10.1 Å². The van der Waals surface area contributed by atoms with Crippen LogP contribution in [-0.2, 0) is 58.1 Å². The third kappa shape index (κ3) is 16.7. The van der Waals surface area contributed by atoms with Crippen molar-refractivity contribution < 1.29 is 51.6 Å². The van der Waals surface area contributed by atoms with E-state index in [2.05, 4.69) is 53.0 Å². The van der Waals surface area contributed by atoms with Crippen molar-refractivity contribution in [2.75, 3.05) is 83.7 Å². The van der Waals surface area contributed by atoms with E-state index in [1.165, 1.54) is 11.8 Å². The zero-order chi connectivity index (χ0) is 53.1. The molecule has 408 valence electrons. The maximum Gasteiger partial charge on any atom is 0.246 e. The highest BCUT2D eigenvalue weighted by Gasteiger charge is 2.45. The minimum atomic E-state index is -0.851. The van der Waals surface area contributed by atoms with Crippen LogP contribution in [0.4, 0.5) is 26.2 Å². The average molecular weight is 1070 g/mol. The largest absolute Gasteiger partial charge is 0.488 e. The van der Waals surface area contributed by atoms with Gasteiger partial charge in [0, 0.05) is 44.0 Å². The van der Waals surface area contributed by atoms with E-state index in [-0.39, 0.29) is 137 Å². The first-order valence-electron chi connectivity index (χ1n) is 25.8. The molecule has 4 amide bonds. The Balaban J connectivity index is 0.778. The Labute approximate surface area is 441 Å². The second kappa shape index (κ2) is 28.7. The van der Waals surface area contributed by atoms with Crippen LogP contribution >= 0.6 is 11.6 Å². The highest BCUT2D eigenvalue weighted by molar-refractivity contribution is 6.32. The van der Waals surface area contributed by atoms with Gasteiger partial charge in [0.2, 0.25) is 29.6 Å². The SMILES string of the molecule is CN[C@@H](C)C(=O)N[C@H](C(=O)N1C[C@@H](NC(=O)COCCOCCOCCOCCOc2cc(F)cc(CNc3nc(Nc4cnn(C)c4)ncc3Cl)c2F)C[C@H]1C(=O)N[C@@H]1CCCc2ccccc21)C1CCCCC1. The molecule has 2 fully saturated rings. The van der Waals surface area contributed by atoms with Gasteiger partial charge in [0.05, 0.1) is 76.4 Å². The summed E-state index contributed by atoms with van der Waals surface area (Å²) < 4.78 is 59.1. The fourth-order valence-electron chi connectivity index (χ4n) is 9.54. The van der Waals surface area contributed by atoms with E-state index in [1.54, 1.807) is 43.0 Å². The molecule has 0 unspecified atom stereocenters. The quantitative estimate of drug-likeness (QED) is 0.0416. The number of halogens is 3. The van der Waals surface area contributed by atoms with E-state index in [9.17, 15) is 23.6 Å². The van der Waals surface area contributed by atoms with Crippen LogP contribution in [0.15, 0.2) is 55.0 Å². The maximum atomic E-state index is 15.3. The standard InChI is InChI=1S/C52H70ClF2N11O9/c1-33(56-2)49(68)63-47(35-11-5-4-6-12-35)51(70)66-31-38(26-43(66)50(69)62-42-15-9-13-34-10-7-8-14-40(34)42)60-45(67)32-74-21-20-72-17-16-71-18-19-73-22-23-75-44-25-37(54)24-36(46(44)55)27-57-48-41(53)29-58-52(64-48)61-39-28-59-65(3)30-39/h7-8,10,14,24-25,28-30,33,35,38,42-43,47,56H,4-6,9,11-13,15-23,26-27,31-32H2,1-3H3,(H,60,67)(H,62,69)(H,63,68)(H2,57,58,61,64)/t33-,38-,42+,43-,47-/m0/s1. The number of benzene rings is 2. The lowest BCUT2D eigenvalue weighted by Crippen LogP contribution is -2.58. The number of likely N-dealkylation sites (N-methyl/N-ethyl adjacent to an activating group) is 1. The Morgan fingerprint density at radius 3 is 2.32 bits per heavy atom. The summed E-state index contributed by atoms with van der Waals surface area (Å²) in [5.74, 6) is -2.60. The van der Waals surface area contributed by atoms with E-state index >= 15 is 4.39 Å². The molecule has 3 aliphatic rings. The number of amides is 4. The number of rotatable bonds is 28. The molecule has 75 heavy (non-hydrogen) atoms. The van der Waals surface area contributed by atoms with Crippen LogP contribution in [0.1, 0.15) is 81.0 Å². The van der Waals surface area contributed by atoms with Gasteiger partial charge in [0.15, 0.2) is 17.4 Å². The smallest absolute Gasteiger partial charge is 0.246 e. The Kier molecular flexibility index (Phi) is 21.7. The Morgan fingerprint density at radius 2 is 1.60 bits per heavy atom. The predicted molar refractivity (Wildman–Crippen MR) is 275 cm³/mol. The van der Waals surface area contributed by atoms with Crippen molar-refractivity contribution in [2.45, 2.75) is 101 Å². The summed E-state index contributed by atoms with van der Waals surface area (Å²) in [5, 5.41) is 22.4. The minimum absolute atomic E-state index is 0.00175. The van der Waals surface area contributed by atoms with Crippen LogP contribution in [0.2, 0.25) is 5.02 Å². The molecule has 1 saturated carbocycles. The number of anilines is 3. The number of nitrogens with one attached hydrogen (secondary N) is 6. The van der Waals surface area contributed by atoms with Gasteiger partial charge in [-0.1, -0.05) is 55.1 Å². The number of likely N-dealkylation sites (tertiary alicyclic amines) is 1. The topological polar surface area (TPSA) is 233 Å². The Hall–Kier alpha value is -6.04. The second-order valence-electron chi connectivity index (χ2n) is 18.9. The minimum Gasteiger partial charge on any atom is -0.488 e. The van der Waals surface area contributed by atoms with Gasteiger partial charge < -0.3 is 60.5 Å². The van der Waals surface area contributed by atoms with Crippen molar-refractivity contribution in [1.82, 2.24) is 45.9 Å². The normalized spacial score (nSPS) is 18.4. The van der Waals surface area contributed by atoms with Crippen LogP contribution in [0, 0.1) is 17.6 Å². The molecule has 1 aliphatic heterocycles. The van der Waals surface area contributed by atoms with E-state index in [1.807, 2.05) is 18.2 Å². The molecule has 4 aromatic rings. The number of aromatic nitrogens is 4. The van der Waals surface area contributed by atoms with Crippen molar-refractivity contribution in [2.24, 2.45) is 13.0 Å². The van der Waals surface area contributed by atoms with E-state index in [0.29, 0.717) is 5.69 Å². The molecule has 2 aromatic carbocycles. The van der Waals surface area contributed by atoms with Crippen LogP contribution in [0.3, 0.4) is 0 Å². The lowest BCUT2D eigenvalue weighted by molar-refractivity contribution is -0.143. The number of fused-ring (bicyclic) bond motifs is 1. The van der Waals surface area contributed by atoms with Gasteiger partial charge in [-0.05, 0) is 75.6 Å². The van der Waals surface area contributed by atoms with Gasteiger partial charge in [0.1, 0.15) is 36.1 Å². The molecule has 7 rings (SSSR count). The number of aryl methyl sites for hydroxylation is 2. The monoisotopic (exact) mass is 1070 g/mol. The summed E-state index contributed by atoms with van der Waals surface area (Å²) in [4.78, 5) is 65.2. The molecule has 0 radical (unpaired) electrons. The first-order valence-corrected chi connectivity index (χ1v) is 26.1. The van der Waals surface area contributed by atoms with Gasteiger partial charge in [-0.3, -0.25) is 23.9 Å². The fourth-order valence-corrected chi connectivity index (χ4v) is 9.70. The molecule has 0 bridgehead atoms. The molecule has 23 heteroatoms. The van der Waals surface area contributed by atoms with Crippen molar-refractivity contribution in [3.05, 3.63) is 88.3 Å². The summed E-state index contributed by atoms with van der Waals surface area (Å²) in [6.45, 7) is 2.87. The summed E-state index contributed by atoms with van der Waals surface area (Å²) in [6, 6.07) is 7.22.